The minimum atomic E-state index is -0.390. The fourth-order valence-electron chi connectivity index (χ4n) is 2.94. The first kappa shape index (κ1) is 13.3. The topological polar surface area (TPSA) is 32.3 Å². The Kier molecular flexibility index (Phi) is 3.14. The van der Waals surface area contributed by atoms with Crippen molar-refractivity contribution in [2.45, 2.75) is 34.2 Å². The monoisotopic (exact) mass is 251 g/mol. The average Bonchev–Trinajstić information content (AvgIpc) is 2.59. The van der Waals surface area contributed by atoms with Gasteiger partial charge in [0.05, 0.1) is 0 Å². The first-order valence-corrected chi connectivity index (χ1v) is 6.44. The van der Waals surface area contributed by atoms with Crippen LogP contribution in [0.25, 0.3) is 0 Å². The van der Waals surface area contributed by atoms with Gasteiger partial charge in [-0.25, -0.2) is 4.39 Å². The van der Waals surface area contributed by atoms with Crippen molar-refractivity contribution >= 4 is 0 Å². The third-order valence-corrected chi connectivity index (χ3v) is 4.94. The van der Waals surface area contributed by atoms with Gasteiger partial charge in [0.2, 0.25) is 0 Å². The quantitative estimate of drug-likeness (QED) is 0.860. The van der Waals surface area contributed by atoms with E-state index in [9.17, 15) is 9.50 Å². The largest absolute Gasteiger partial charge is 0.508 e. The number of hydrogen-bond acceptors (Lipinski definition) is 2. The smallest absolute Gasteiger partial charge is 0.127 e. The van der Waals surface area contributed by atoms with Gasteiger partial charge in [-0.05, 0) is 41.0 Å². The van der Waals surface area contributed by atoms with E-state index in [0.29, 0.717) is 23.3 Å². The lowest BCUT2D eigenvalue weighted by Crippen LogP contribution is -2.18. The van der Waals surface area contributed by atoms with Crippen molar-refractivity contribution in [1.82, 2.24) is 5.32 Å². The van der Waals surface area contributed by atoms with Crippen LogP contribution in [0.1, 0.15) is 33.3 Å². The van der Waals surface area contributed by atoms with E-state index in [1.165, 1.54) is 6.07 Å². The standard InChI is InChI=1S/C15H22FNO/c1-14(2)13(15(14,3)4)9-17-8-10-5-11(16)7-12(18)6-10/h5-7,13,17-18H,8-9H2,1-4H3. The number of benzene rings is 1. The molecule has 0 heterocycles. The van der Waals surface area contributed by atoms with E-state index >= 15 is 0 Å². The Morgan fingerprint density at radius 2 is 1.78 bits per heavy atom. The highest BCUT2D eigenvalue weighted by Crippen LogP contribution is 2.67. The van der Waals surface area contributed by atoms with Gasteiger partial charge in [0.1, 0.15) is 11.6 Å². The Balaban J connectivity index is 1.87. The summed E-state index contributed by atoms with van der Waals surface area (Å²) in [7, 11) is 0. The van der Waals surface area contributed by atoms with E-state index < -0.39 is 0 Å². The number of halogens is 1. The molecule has 0 atom stereocenters. The molecular weight excluding hydrogens is 229 g/mol. The molecule has 0 aromatic heterocycles. The maximum atomic E-state index is 13.1. The molecule has 2 rings (SSSR count). The molecule has 1 aliphatic carbocycles. The lowest BCUT2D eigenvalue weighted by molar-refractivity contribution is 0.457. The SMILES string of the molecule is CC1(C)C(CNCc2cc(O)cc(F)c2)C1(C)C. The second-order valence-electron chi connectivity index (χ2n) is 6.44. The summed E-state index contributed by atoms with van der Waals surface area (Å²) in [6, 6.07) is 4.17. The molecule has 0 spiro atoms. The summed E-state index contributed by atoms with van der Waals surface area (Å²) in [5.41, 5.74) is 1.51. The Morgan fingerprint density at radius 3 is 2.28 bits per heavy atom. The van der Waals surface area contributed by atoms with E-state index in [2.05, 4.69) is 33.0 Å². The number of nitrogens with one attached hydrogen (secondary N) is 1. The third-order valence-electron chi connectivity index (χ3n) is 4.94. The predicted molar refractivity (Wildman–Crippen MR) is 70.8 cm³/mol. The van der Waals surface area contributed by atoms with Crippen molar-refractivity contribution in [1.29, 1.82) is 0 Å². The molecule has 3 heteroatoms. The highest BCUT2D eigenvalue weighted by Gasteiger charge is 2.63. The van der Waals surface area contributed by atoms with Crippen molar-refractivity contribution in [2.75, 3.05) is 6.54 Å². The lowest BCUT2D eigenvalue weighted by atomic mass is 10.0. The van der Waals surface area contributed by atoms with E-state index in [4.69, 9.17) is 0 Å². The van der Waals surface area contributed by atoms with Crippen molar-refractivity contribution in [3.05, 3.63) is 29.6 Å². The van der Waals surface area contributed by atoms with Crippen LogP contribution in [0.3, 0.4) is 0 Å². The molecule has 0 aliphatic heterocycles. The highest BCUT2D eigenvalue weighted by atomic mass is 19.1. The molecule has 0 saturated heterocycles. The molecular formula is C15H22FNO. The van der Waals surface area contributed by atoms with Crippen LogP contribution in [0.5, 0.6) is 5.75 Å². The third kappa shape index (κ3) is 2.24. The van der Waals surface area contributed by atoms with Gasteiger partial charge < -0.3 is 10.4 Å². The molecule has 2 nitrogen and oxygen atoms in total. The van der Waals surface area contributed by atoms with Gasteiger partial charge in [-0.3, -0.25) is 0 Å². The van der Waals surface area contributed by atoms with E-state index in [-0.39, 0.29) is 11.6 Å². The number of hydrogen-bond donors (Lipinski definition) is 2. The molecule has 0 unspecified atom stereocenters. The zero-order valence-electron chi connectivity index (χ0n) is 11.5. The summed E-state index contributed by atoms with van der Waals surface area (Å²) in [6.45, 7) is 10.7. The van der Waals surface area contributed by atoms with Crippen LogP contribution in [-0.4, -0.2) is 11.7 Å². The van der Waals surface area contributed by atoms with Gasteiger partial charge >= 0.3 is 0 Å². The zero-order valence-corrected chi connectivity index (χ0v) is 11.5. The minimum Gasteiger partial charge on any atom is -0.508 e. The van der Waals surface area contributed by atoms with Crippen molar-refractivity contribution in [3.63, 3.8) is 0 Å². The van der Waals surface area contributed by atoms with Crippen LogP contribution >= 0.6 is 0 Å². The first-order chi connectivity index (χ1) is 8.25. The summed E-state index contributed by atoms with van der Waals surface area (Å²) >= 11 is 0. The van der Waals surface area contributed by atoms with Gasteiger partial charge in [0.15, 0.2) is 0 Å². The van der Waals surface area contributed by atoms with Crippen LogP contribution in [-0.2, 0) is 6.54 Å². The predicted octanol–water partition coefficient (Wildman–Crippen LogP) is 3.30. The highest BCUT2D eigenvalue weighted by molar-refractivity contribution is 5.28. The van der Waals surface area contributed by atoms with Crippen molar-refractivity contribution in [2.24, 2.45) is 16.7 Å². The Bertz CT molecular complexity index is 420. The number of rotatable bonds is 4. The van der Waals surface area contributed by atoms with Crippen LogP contribution < -0.4 is 5.32 Å². The fraction of sp³-hybridized carbons (Fsp3) is 0.600. The number of phenols is 1. The molecule has 1 aromatic rings. The van der Waals surface area contributed by atoms with Gasteiger partial charge in [-0.1, -0.05) is 27.7 Å². The van der Waals surface area contributed by atoms with Crippen LogP contribution in [0, 0.1) is 22.6 Å². The van der Waals surface area contributed by atoms with Gasteiger partial charge in [-0.2, -0.15) is 0 Å². The van der Waals surface area contributed by atoms with Crippen LogP contribution in [0.2, 0.25) is 0 Å². The van der Waals surface area contributed by atoms with E-state index in [0.717, 1.165) is 18.2 Å². The molecule has 2 N–H and O–H groups in total. The lowest BCUT2D eigenvalue weighted by Gasteiger charge is -2.07. The molecule has 18 heavy (non-hydrogen) atoms. The molecule has 0 amide bonds. The van der Waals surface area contributed by atoms with Gasteiger partial charge in [-0.15, -0.1) is 0 Å². The summed E-state index contributed by atoms with van der Waals surface area (Å²) in [5, 5.41) is 12.7. The Morgan fingerprint density at radius 1 is 1.17 bits per heavy atom. The zero-order chi connectivity index (χ0) is 13.6. The molecule has 0 bridgehead atoms. The normalized spacial score (nSPS) is 20.9. The maximum absolute atomic E-state index is 13.1. The van der Waals surface area contributed by atoms with Crippen molar-refractivity contribution in [3.8, 4) is 5.75 Å². The molecule has 100 valence electrons. The first-order valence-electron chi connectivity index (χ1n) is 6.44. The second kappa shape index (κ2) is 4.23. The van der Waals surface area contributed by atoms with E-state index in [1.54, 1.807) is 6.07 Å². The molecule has 1 fully saturated rings. The summed E-state index contributed by atoms with van der Waals surface area (Å²) in [6.07, 6.45) is 0. The second-order valence-corrected chi connectivity index (χ2v) is 6.44. The molecule has 1 aliphatic rings. The summed E-state index contributed by atoms with van der Waals surface area (Å²) < 4.78 is 13.1. The van der Waals surface area contributed by atoms with Gasteiger partial charge in [0.25, 0.3) is 0 Å². The van der Waals surface area contributed by atoms with Crippen LogP contribution in [0.15, 0.2) is 18.2 Å². The minimum absolute atomic E-state index is 0.0149. The molecule has 1 aromatic carbocycles. The number of aromatic hydroxyl groups is 1. The number of phenolic OH excluding ortho intramolecular Hbond substituents is 1. The molecule has 0 radical (unpaired) electrons. The van der Waals surface area contributed by atoms with Gasteiger partial charge in [0, 0.05) is 12.6 Å². The average molecular weight is 251 g/mol. The van der Waals surface area contributed by atoms with E-state index in [1.807, 2.05) is 0 Å². The Hall–Kier alpha value is -1.09. The van der Waals surface area contributed by atoms with Crippen molar-refractivity contribution < 1.29 is 9.50 Å². The summed E-state index contributed by atoms with van der Waals surface area (Å²) in [4.78, 5) is 0. The van der Waals surface area contributed by atoms with Crippen LogP contribution in [0.4, 0.5) is 4.39 Å². The fourth-order valence-corrected chi connectivity index (χ4v) is 2.94. The Labute approximate surface area is 108 Å². The summed E-state index contributed by atoms with van der Waals surface area (Å²) in [5.74, 6) is 0.241. The maximum Gasteiger partial charge on any atom is 0.127 e. The molecule has 1 saturated carbocycles.